The van der Waals surface area contributed by atoms with Gasteiger partial charge in [-0.25, -0.2) is 4.79 Å². The zero-order valence-electron chi connectivity index (χ0n) is 14.0. The van der Waals surface area contributed by atoms with Crippen molar-refractivity contribution >= 4 is 6.09 Å². The molecule has 1 fully saturated rings. The molecule has 0 saturated heterocycles. The van der Waals surface area contributed by atoms with Crippen LogP contribution in [0.4, 0.5) is 4.79 Å². The molecule has 1 saturated carbocycles. The highest BCUT2D eigenvalue weighted by atomic mass is 16.6. The monoisotopic (exact) mass is 313 g/mol. The van der Waals surface area contributed by atoms with Crippen LogP contribution in [0.1, 0.15) is 59.3 Å². The number of nitrogens with one attached hydrogen (secondary N) is 1. The molecule has 0 bridgehead atoms. The van der Waals surface area contributed by atoms with Crippen molar-refractivity contribution in [3.63, 3.8) is 0 Å². The SMILES string of the molecule is C=C[C@H](O)[C@H](O)[C@H](CC1CCCCC1)NC(=O)OC(C)(C)C. The standard InChI is InChI=1S/C17H31NO4/c1-5-14(19)15(20)13(11-12-9-7-6-8-10-12)18-16(21)22-17(2,3)4/h5,12-15,19-20H,1,6-11H2,2-4H3,(H,18,21)/t13-,14-,15+/m0/s1. The zero-order chi connectivity index (χ0) is 16.8. The highest BCUT2D eigenvalue weighted by Gasteiger charge is 2.30. The molecule has 1 aliphatic rings. The van der Waals surface area contributed by atoms with Crippen molar-refractivity contribution in [3.05, 3.63) is 12.7 Å². The third kappa shape index (κ3) is 6.79. The second kappa shape index (κ2) is 8.53. The smallest absolute Gasteiger partial charge is 0.407 e. The van der Waals surface area contributed by atoms with Gasteiger partial charge in [-0.3, -0.25) is 0 Å². The average molecular weight is 313 g/mol. The first-order chi connectivity index (χ1) is 10.2. The lowest BCUT2D eigenvalue weighted by Gasteiger charge is -2.32. The molecule has 0 radical (unpaired) electrons. The minimum atomic E-state index is -1.08. The molecule has 0 heterocycles. The average Bonchev–Trinajstić information content (AvgIpc) is 2.44. The Morgan fingerprint density at radius 2 is 1.91 bits per heavy atom. The summed E-state index contributed by atoms with van der Waals surface area (Å²) < 4.78 is 5.25. The topological polar surface area (TPSA) is 78.8 Å². The van der Waals surface area contributed by atoms with Crippen molar-refractivity contribution in [1.82, 2.24) is 5.32 Å². The summed E-state index contributed by atoms with van der Waals surface area (Å²) in [4.78, 5) is 12.0. The summed E-state index contributed by atoms with van der Waals surface area (Å²) in [5.41, 5.74) is -0.596. The molecule has 0 aromatic rings. The lowest BCUT2D eigenvalue weighted by atomic mass is 9.83. The molecule has 1 rings (SSSR count). The number of alkyl carbamates (subject to hydrolysis) is 1. The van der Waals surface area contributed by atoms with E-state index in [-0.39, 0.29) is 0 Å². The second-order valence-corrected chi connectivity index (χ2v) is 7.21. The Bertz CT molecular complexity index is 358. The Morgan fingerprint density at radius 1 is 1.32 bits per heavy atom. The van der Waals surface area contributed by atoms with E-state index in [1.807, 2.05) is 0 Å². The van der Waals surface area contributed by atoms with Crippen molar-refractivity contribution in [2.75, 3.05) is 0 Å². The molecule has 0 aliphatic heterocycles. The maximum absolute atomic E-state index is 12.0. The summed E-state index contributed by atoms with van der Waals surface area (Å²) in [5, 5.41) is 22.8. The molecule has 0 aromatic heterocycles. The number of aliphatic hydroxyl groups excluding tert-OH is 2. The van der Waals surface area contributed by atoms with Crippen LogP contribution in [0.3, 0.4) is 0 Å². The van der Waals surface area contributed by atoms with Gasteiger partial charge < -0.3 is 20.3 Å². The Kier molecular flexibility index (Phi) is 7.36. The normalized spacial score (nSPS) is 20.8. The number of hydrogen-bond donors (Lipinski definition) is 3. The minimum absolute atomic E-state index is 0.459. The van der Waals surface area contributed by atoms with E-state index in [1.54, 1.807) is 20.8 Å². The van der Waals surface area contributed by atoms with Crippen LogP contribution in [0.5, 0.6) is 0 Å². The van der Waals surface area contributed by atoms with Gasteiger partial charge in [-0.15, -0.1) is 6.58 Å². The van der Waals surface area contributed by atoms with Gasteiger partial charge in [-0.2, -0.15) is 0 Å². The van der Waals surface area contributed by atoms with Crippen LogP contribution in [-0.2, 0) is 4.74 Å². The first kappa shape index (κ1) is 19.0. The van der Waals surface area contributed by atoms with Crippen LogP contribution in [0.25, 0.3) is 0 Å². The first-order valence-corrected chi connectivity index (χ1v) is 8.21. The van der Waals surface area contributed by atoms with Crippen LogP contribution in [0.2, 0.25) is 0 Å². The van der Waals surface area contributed by atoms with E-state index >= 15 is 0 Å². The Hall–Kier alpha value is -1.07. The van der Waals surface area contributed by atoms with E-state index in [4.69, 9.17) is 4.74 Å². The summed E-state index contributed by atoms with van der Waals surface area (Å²) >= 11 is 0. The fourth-order valence-electron chi connectivity index (χ4n) is 2.90. The number of hydrogen-bond acceptors (Lipinski definition) is 4. The van der Waals surface area contributed by atoms with Gasteiger partial charge in [0.2, 0.25) is 0 Å². The van der Waals surface area contributed by atoms with Gasteiger partial charge >= 0.3 is 6.09 Å². The lowest BCUT2D eigenvalue weighted by Crippen LogP contribution is -2.50. The molecule has 1 aliphatic carbocycles. The van der Waals surface area contributed by atoms with Crippen LogP contribution >= 0.6 is 0 Å². The fourth-order valence-corrected chi connectivity index (χ4v) is 2.90. The quantitative estimate of drug-likeness (QED) is 0.659. The fraction of sp³-hybridized carbons (Fsp3) is 0.824. The van der Waals surface area contributed by atoms with Gasteiger partial charge in [0.05, 0.1) is 12.1 Å². The van der Waals surface area contributed by atoms with Gasteiger partial charge in [0.25, 0.3) is 0 Å². The molecule has 0 spiro atoms. The van der Waals surface area contributed by atoms with Crippen LogP contribution in [0, 0.1) is 5.92 Å². The number of aliphatic hydroxyl groups is 2. The van der Waals surface area contributed by atoms with Gasteiger partial charge in [-0.1, -0.05) is 38.2 Å². The first-order valence-electron chi connectivity index (χ1n) is 8.21. The molecular weight excluding hydrogens is 282 g/mol. The summed E-state index contributed by atoms with van der Waals surface area (Å²) in [5.74, 6) is 0.459. The molecule has 22 heavy (non-hydrogen) atoms. The van der Waals surface area contributed by atoms with E-state index in [0.717, 1.165) is 12.8 Å². The summed E-state index contributed by atoms with van der Waals surface area (Å²) in [6, 6.07) is -0.536. The van der Waals surface area contributed by atoms with Crippen molar-refractivity contribution in [2.45, 2.75) is 83.1 Å². The Morgan fingerprint density at radius 3 is 2.41 bits per heavy atom. The van der Waals surface area contributed by atoms with Crippen LogP contribution < -0.4 is 5.32 Å². The van der Waals surface area contributed by atoms with Crippen molar-refractivity contribution in [3.8, 4) is 0 Å². The van der Waals surface area contributed by atoms with Gasteiger partial charge in [-0.05, 0) is 33.1 Å². The van der Waals surface area contributed by atoms with Gasteiger partial charge in [0.1, 0.15) is 11.7 Å². The highest BCUT2D eigenvalue weighted by molar-refractivity contribution is 5.68. The summed E-state index contributed by atoms with van der Waals surface area (Å²) in [7, 11) is 0. The third-order valence-corrected chi connectivity index (χ3v) is 4.02. The zero-order valence-corrected chi connectivity index (χ0v) is 14.0. The molecule has 0 unspecified atom stereocenters. The molecule has 3 atom stereocenters. The lowest BCUT2D eigenvalue weighted by molar-refractivity contribution is 0.00484. The molecule has 3 N–H and O–H groups in total. The second-order valence-electron chi connectivity index (χ2n) is 7.21. The summed E-state index contributed by atoms with van der Waals surface area (Å²) in [6.07, 6.45) is 5.04. The summed E-state index contributed by atoms with van der Waals surface area (Å²) in [6.45, 7) is 8.86. The number of rotatable bonds is 6. The molecule has 128 valence electrons. The number of ether oxygens (including phenoxy) is 1. The Balaban J connectivity index is 2.68. The third-order valence-electron chi connectivity index (χ3n) is 4.02. The van der Waals surface area contributed by atoms with E-state index in [9.17, 15) is 15.0 Å². The van der Waals surface area contributed by atoms with Gasteiger partial charge in [0.15, 0.2) is 0 Å². The van der Waals surface area contributed by atoms with E-state index in [1.165, 1.54) is 25.3 Å². The molecule has 5 nitrogen and oxygen atoms in total. The number of amides is 1. The van der Waals surface area contributed by atoms with Crippen LogP contribution in [0.15, 0.2) is 12.7 Å². The predicted octanol–water partition coefficient (Wildman–Crippen LogP) is 2.76. The van der Waals surface area contributed by atoms with Crippen LogP contribution in [-0.4, -0.2) is 40.2 Å². The number of carbonyl (C=O) groups is 1. The minimum Gasteiger partial charge on any atom is -0.444 e. The van der Waals surface area contributed by atoms with E-state index in [0.29, 0.717) is 12.3 Å². The molecular formula is C17H31NO4. The largest absolute Gasteiger partial charge is 0.444 e. The Labute approximate surface area is 133 Å². The number of carbonyl (C=O) groups excluding carboxylic acids is 1. The van der Waals surface area contributed by atoms with Crippen molar-refractivity contribution in [1.29, 1.82) is 0 Å². The molecule has 5 heteroatoms. The van der Waals surface area contributed by atoms with E-state index < -0.39 is 29.9 Å². The van der Waals surface area contributed by atoms with Gasteiger partial charge in [0, 0.05) is 0 Å². The molecule has 0 aromatic carbocycles. The van der Waals surface area contributed by atoms with Crippen molar-refractivity contribution < 1.29 is 19.7 Å². The predicted molar refractivity (Wildman–Crippen MR) is 86.6 cm³/mol. The molecule has 1 amide bonds. The maximum atomic E-state index is 12.0. The van der Waals surface area contributed by atoms with E-state index in [2.05, 4.69) is 11.9 Å². The maximum Gasteiger partial charge on any atom is 0.407 e. The highest BCUT2D eigenvalue weighted by Crippen LogP contribution is 2.28. The van der Waals surface area contributed by atoms with Crippen molar-refractivity contribution in [2.24, 2.45) is 5.92 Å².